The molecule has 1 spiro atoms. The molecule has 0 unspecified atom stereocenters. The molecule has 2 aliphatic carbocycles. The number of nitrogens with one attached hydrogen (secondary N) is 1. The molecule has 0 radical (unpaired) electrons. The van der Waals surface area contributed by atoms with Crippen LogP contribution in [0, 0.1) is 0 Å². The summed E-state index contributed by atoms with van der Waals surface area (Å²) in [5, 5.41) is 4.07. The van der Waals surface area contributed by atoms with Gasteiger partial charge in [-0.25, -0.2) is 0 Å². The molecule has 1 saturated heterocycles. The third kappa shape index (κ3) is 4.49. The fourth-order valence-electron chi connectivity index (χ4n) is 4.58. The molecule has 0 amide bonds. The summed E-state index contributed by atoms with van der Waals surface area (Å²) in [6.07, 6.45) is 10.1. The Morgan fingerprint density at radius 3 is 2.50 bits per heavy atom. The summed E-state index contributed by atoms with van der Waals surface area (Å²) in [6, 6.07) is 8.98. The first-order valence-electron chi connectivity index (χ1n) is 10.2. The van der Waals surface area contributed by atoms with E-state index in [2.05, 4.69) is 29.6 Å². The molecule has 1 atom stereocenters. The summed E-state index contributed by atoms with van der Waals surface area (Å²) in [4.78, 5) is 0. The van der Waals surface area contributed by atoms with Gasteiger partial charge in [0.15, 0.2) is 5.79 Å². The molecular formula is C21H31NO3S. The van der Waals surface area contributed by atoms with Gasteiger partial charge in [-0.05, 0) is 43.4 Å². The summed E-state index contributed by atoms with van der Waals surface area (Å²) in [6.45, 7) is 1.47. The van der Waals surface area contributed by atoms with Gasteiger partial charge < -0.3 is 14.8 Å². The zero-order chi connectivity index (χ0) is 17.8. The summed E-state index contributed by atoms with van der Waals surface area (Å²) >= 11 is 0. The second-order valence-electron chi connectivity index (χ2n) is 8.01. The first-order chi connectivity index (χ1) is 12.7. The fourth-order valence-corrected chi connectivity index (χ4v) is 6.19. The van der Waals surface area contributed by atoms with Crippen molar-refractivity contribution < 1.29 is 13.7 Å². The van der Waals surface area contributed by atoms with Gasteiger partial charge in [-0.1, -0.05) is 31.4 Å². The molecule has 2 saturated carbocycles. The maximum absolute atomic E-state index is 12.7. The van der Waals surface area contributed by atoms with Crippen LogP contribution in [-0.2, 0) is 26.0 Å². The van der Waals surface area contributed by atoms with Crippen molar-refractivity contribution in [2.45, 2.75) is 80.6 Å². The summed E-state index contributed by atoms with van der Waals surface area (Å²) in [5.41, 5.74) is 2.34. The Labute approximate surface area is 159 Å². The Kier molecular flexibility index (Phi) is 5.97. The van der Waals surface area contributed by atoms with Gasteiger partial charge in [0, 0.05) is 46.4 Å². The third-order valence-corrected chi connectivity index (χ3v) is 7.92. The Morgan fingerprint density at radius 2 is 1.77 bits per heavy atom. The van der Waals surface area contributed by atoms with Crippen LogP contribution in [0.4, 0.5) is 5.69 Å². The SMILES string of the molecule is O=[S@](Cc1cccc(NC2CCC3(CC2)OCCO3)c1)C1CCCCC1. The van der Waals surface area contributed by atoms with E-state index in [4.69, 9.17) is 9.47 Å². The van der Waals surface area contributed by atoms with Gasteiger partial charge in [0.1, 0.15) is 0 Å². The van der Waals surface area contributed by atoms with Crippen molar-refractivity contribution >= 4 is 16.5 Å². The van der Waals surface area contributed by atoms with Crippen molar-refractivity contribution in [1.82, 2.24) is 0 Å². The highest BCUT2D eigenvalue weighted by Gasteiger charge is 2.40. The largest absolute Gasteiger partial charge is 0.382 e. The van der Waals surface area contributed by atoms with E-state index in [1.165, 1.54) is 24.8 Å². The quantitative estimate of drug-likeness (QED) is 0.828. The van der Waals surface area contributed by atoms with Crippen LogP contribution in [0.25, 0.3) is 0 Å². The van der Waals surface area contributed by atoms with Crippen LogP contribution in [0.2, 0.25) is 0 Å². The van der Waals surface area contributed by atoms with Gasteiger partial charge in [0.05, 0.1) is 13.2 Å². The van der Waals surface area contributed by atoms with E-state index in [0.717, 1.165) is 57.4 Å². The van der Waals surface area contributed by atoms with Crippen LogP contribution >= 0.6 is 0 Å². The number of anilines is 1. The predicted octanol–water partition coefficient (Wildman–Crippen LogP) is 4.37. The first-order valence-corrected chi connectivity index (χ1v) is 11.6. The molecule has 4 rings (SSSR count). The molecule has 1 N–H and O–H groups in total. The highest BCUT2D eigenvalue weighted by Crippen LogP contribution is 2.36. The average molecular weight is 378 g/mol. The van der Waals surface area contributed by atoms with Gasteiger partial charge >= 0.3 is 0 Å². The zero-order valence-corrected chi connectivity index (χ0v) is 16.4. The molecular weight excluding hydrogens is 346 g/mol. The van der Waals surface area contributed by atoms with Crippen LogP contribution in [0.3, 0.4) is 0 Å². The minimum atomic E-state index is -0.739. The fraction of sp³-hybridized carbons (Fsp3) is 0.714. The molecule has 3 aliphatic rings. The summed E-state index contributed by atoms with van der Waals surface area (Å²) in [5.74, 6) is 0.395. The zero-order valence-electron chi connectivity index (χ0n) is 15.6. The highest BCUT2D eigenvalue weighted by molar-refractivity contribution is 7.84. The Morgan fingerprint density at radius 1 is 1.04 bits per heavy atom. The molecule has 1 aromatic rings. The standard InChI is InChI=1S/C21H31NO3S/c23-26(20-7-2-1-3-8-20)16-17-5-4-6-19(15-17)22-18-9-11-21(12-10-18)24-13-14-25-21/h4-6,15,18,20,22H,1-3,7-14,16H2/t26-/m1/s1. The highest BCUT2D eigenvalue weighted by atomic mass is 32.2. The normalized spacial score (nSPS) is 25.4. The second-order valence-corrected chi connectivity index (χ2v) is 9.73. The maximum Gasteiger partial charge on any atom is 0.168 e. The smallest absolute Gasteiger partial charge is 0.168 e. The maximum atomic E-state index is 12.7. The third-order valence-electron chi connectivity index (χ3n) is 6.09. The first kappa shape index (κ1) is 18.5. The van der Waals surface area contributed by atoms with E-state index in [9.17, 15) is 4.21 Å². The van der Waals surface area contributed by atoms with Gasteiger partial charge in [-0.2, -0.15) is 0 Å². The van der Waals surface area contributed by atoms with Gasteiger partial charge in [0.25, 0.3) is 0 Å². The number of ether oxygens (including phenoxy) is 2. The van der Waals surface area contributed by atoms with Crippen LogP contribution in [-0.4, -0.2) is 34.5 Å². The van der Waals surface area contributed by atoms with Crippen LogP contribution in [0.1, 0.15) is 63.4 Å². The number of hydrogen-bond donors (Lipinski definition) is 1. The molecule has 3 fully saturated rings. The van der Waals surface area contributed by atoms with Crippen molar-refractivity contribution in [2.24, 2.45) is 0 Å². The summed E-state index contributed by atoms with van der Waals surface area (Å²) in [7, 11) is -0.739. The van der Waals surface area contributed by atoms with E-state index < -0.39 is 10.8 Å². The number of rotatable bonds is 5. The lowest BCUT2D eigenvalue weighted by molar-refractivity contribution is -0.177. The Balaban J connectivity index is 1.30. The van der Waals surface area contributed by atoms with E-state index in [-0.39, 0.29) is 5.79 Å². The molecule has 5 heteroatoms. The molecule has 4 nitrogen and oxygen atoms in total. The lowest BCUT2D eigenvalue weighted by Gasteiger charge is -2.36. The summed E-state index contributed by atoms with van der Waals surface area (Å²) < 4.78 is 24.3. The predicted molar refractivity (Wildman–Crippen MR) is 106 cm³/mol. The molecule has 1 heterocycles. The van der Waals surface area contributed by atoms with Crippen LogP contribution < -0.4 is 5.32 Å². The van der Waals surface area contributed by atoms with Crippen molar-refractivity contribution in [2.75, 3.05) is 18.5 Å². The van der Waals surface area contributed by atoms with Gasteiger partial charge in [-0.15, -0.1) is 0 Å². The van der Waals surface area contributed by atoms with Crippen molar-refractivity contribution in [3.05, 3.63) is 29.8 Å². The lowest BCUT2D eigenvalue weighted by atomic mass is 9.90. The van der Waals surface area contributed by atoms with E-state index in [1.54, 1.807) is 0 Å². The molecule has 1 aromatic carbocycles. The van der Waals surface area contributed by atoms with Gasteiger partial charge in [0.2, 0.25) is 0 Å². The van der Waals surface area contributed by atoms with E-state index in [1.807, 2.05) is 0 Å². The number of hydrogen-bond acceptors (Lipinski definition) is 4. The molecule has 0 bridgehead atoms. The molecule has 26 heavy (non-hydrogen) atoms. The molecule has 144 valence electrons. The van der Waals surface area contributed by atoms with Crippen LogP contribution in [0.15, 0.2) is 24.3 Å². The minimum Gasteiger partial charge on any atom is -0.382 e. The molecule has 0 aromatic heterocycles. The average Bonchev–Trinajstić information content (AvgIpc) is 3.13. The van der Waals surface area contributed by atoms with Crippen molar-refractivity contribution in [1.29, 1.82) is 0 Å². The Hall–Kier alpha value is -0.910. The van der Waals surface area contributed by atoms with Crippen LogP contribution in [0.5, 0.6) is 0 Å². The topological polar surface area (TPSA) is 47.6 Å². The minimum absolute atomic E-state index is 0.295. The second kappa shape index (κ2) is 8.41. The van der Waals surface area contributed by atoms with Crippen molar-refractivity contribution in [3.8, 4) is 0 Å². The Bertz CT molecular complexity index is 613. The number of benzene rings is 1. The monoisotopic (exact) mass is 377 g/mol. The van der Waals surface area contributed by atoms with Crippen molar-refractivity contribution in [3.63, 3.8) is 0 Å². The van der Waals surface area contributed by atoms with E-state index in [0.29, 0.717) is 17.0 Å². The molecule has 1 aliphatic heterocycles. The van der Waals surface area contributed by atoms with Gasteiger partial charge in [-0.3, -0.25) is 4.21 Å². The lowest BCUT2D eigenvalue weighted by Crippen LogP contribution is -2.39. The van der Waals surface area contributed by atoms with E-state index >= 15 is 0 Å².